The van der Waals surface area contributed by atoms with Gasteiger partial charge in [0.05, 0.1) is 5.75 Å². The zero-order valence-corrected chi connectivity index (χ0v) is 15.4. The highest BCUT2D eigenvalue weighted by Crippen LogP contribution is 2.19. The molecule has 0 heterocycles. The molecular weight excluding hydrogens is 372 g/mol. The van der Waals surface area contributed by atoms with E-state index < -0.39 is 18.0 Å². The molecule has 0 aliphatic carbocycles. The van der Waals surface area contributed by atoms with E-state index in [1.165, 1.54) is 23.5 Å². The molecule has 0 aliphatic heterocycles. The van der Waals surface area contributed by atoms with Crippen molar-refractivity contribution in [3.05, 3.63) is 29.3 Å². The highest BCUT2D eigenvalue weighted by molar-refractivity contribution is 8.00. The van der Waals surface area contributed by atoms with Gasteiger partial charge in [-0.3, -0.25) is 20.4 Å². The lowest BCUT2D eigenvalue weighted by Gasteiger charge is -2.17. The predicted molar refractivity (Wildman–Crippen MR) is 98.0 cm³/mol. The fraction of sp³-hybridized carbons (Fsp3) is 0.357. The monoisotopic (exact) mass is 390 g/mol. The first kappa shape index (κ1) is 20.5. The summed E-state index contributed by atoms with van der Waals surface area (Å²) < 4.78 is 0. The summed E-state index contributed by atoms with van der Waals surface area (Å²) in [5.74, 6) is -0.0991. The molecule has 0 aromatic heterocycles. The lowest BCUT2D eigenvalue weighted by atomic mass is 10.2. The number of carbonyl (C=O) groups is 3. The maximum Gasteiger partial charge on any atom is 0.312 e. The number of urea groups is 1. The van der Waals surface area contributed by atoms with Gasteiger partial charge in [-0.25, -0.2) is 4.79 Å². The second kappa shape index (κ2) is 11.1. The molecule has 1 rings (SSSR count). The number of benzene rings is 1. The Morgan fingerprint density at radius 2 is 1.88 bits per heavy atom. The third-order valence-electron chi connectivity index (χ3n) is 2.75. The van der Waals surface area contributed by atoms with Gasteiger partial charge in [0.1, 0.15) is 6.04 Å². The quantitative estimate of drug-likeness (QED) is 0.395. The van der Waals surface area contributed by atoms with Crippen LogP contribution in [-0.4, -0.2) is 41.6 Å². The molecule has 0 bridgehead atoms. The third-order valence-corrected chi connectivity index (χ3v) is 4.66. The van der Waals surface area contributed by atoms with Gasteiger partial charge in [-0.2, -0.15) is 11.8 Å². The van der Waals surface area contributed by atoms with Gasteiger partial charge in [0.2, 0.25) is 5.91 Å². The first-order valence-electron chi connectivity index (χ1n) is 6.94. The minimum atomic E-state index is -0.792. The first-order valence-corrected chi connectivity index (χ1v) is 9.70. The number of amides is 4. The van der Waals surface area contributed by atoms with Crippen molar-refractivity contribution >= 4 is 53.0 Å². The molecule has 0 spiro atoms. The van der Waals surface area contributed by atoms with E-state index in [1.54, 1.807) is 24.3 Å². The molecule has 0 aliphatic rings. The molecule has 0 fully saturated rings. The van der Waals surface area contributed by atoms with Crippen LogP contribution in [0.2, 0.25) is 5.02 Å². The Morgan fingerprint density at radius 1 is 1.21 bits per heavy atom. The molecule has 0 saturated carbocycles. The van der Waals surface area contributed by atoms with Crippen LogP contribution in [0.4, 0.5) is 4.79 Å². The van der Waals surface area contributed by atoms with E-state index in [2.05, 4.69) is 16.2 Å². The van der Waals surface area contributed by atoms with Gasteiger partial charge in [-0.15, -0.1) is 11.8 Å². The second-order valence-electron chi connectivity index (χ2n) is 4.62. The summed E-state index contributed by atoms with van der Waals surface area (Å²) in [5.41, 5.74) is 9.64. The van der Waals surface area contributed by atoms with Crippen molar-refractivity contribution in [2.24, 2.45) is 5.73 Å². The van der Waals surface area contributed by atoms with Crippen molar-refractivity contribution in [1.29, 1.82) is 0 Å². The minimum Gasteiger partial charge on any atom is -0.352 e. The fourth-order valence-electron chi connectivity index (χ4n) is 1.61. The fourth-order valence-corrected chi connectivity index (χ4v) is 2.91. The number of hydrogen-bond acceptors (Lipinski definition) is 5. The summed E-state index contributed by atoms with van der Waals surface area (Å²) in [6.07, 6.45) is 2.29. The average Bonchev–Trinajstić information content (AvgIpc) is 2.55. The number of primary amides is 1. The van der Waals surface area contributed by atoms with Crippen molar-refractivity contribution < 1.29 is 14.4 Å². The van der Waals surface area contributed by atoms with Gasteiger partial charge in [-0.1, -0.05) is 11.6 Å². The molecule has 0 radical (unpaired) electrons. The molecule has 1 aromatic carbocycles. The molecular formula is C14H19ClN4O3S2. The van der Waals surface area contributed by atoms with Crippen molar-refractivity contribution in [3.8, 4) is 0 Å². The molecule has 5 N–H and O–H groups in total. The van der Waals surface area contributed by atoms with E-state index >= 15 is 0 Å². The minimum absolute atomic E-state index is 0.126. The van der Waals surface area contributed by atoms with Crippen LogP contribution in [0.5, 0.6) is 0 Å². The van der Waals surface area contributed by atoms with Gasteiger partial charge >= 0.3 is 6.03 Å². The molecule has 24 heavy (non-hydrogen) atoms. The summed E-state index contributed by atoms with van der Waals surface area (Å²) >= 11 is 8.62. The molecule has 1 atom stereocenters. The first-order chi connectivity index (χ1) is 11.4. The number of halogens is 1. The maximum atomic E-state index is 12.0. The van der Waals surface area contributed by atoms with E-state index in [9.17, 15) is 14.4 Å². The molecule has 7 nitrogen and oxygen atoms in total. The Morgan fingerprint density at radius 3 is 2.46 bits per heavy atom. The van der Waals surface area contributed by atoms with Crippen LogP contribution in [0, 0.1) is 0 Å². The van der Waals surface area contributed by atoms with E-state index in [4.69, 9.17) is 17.3 Å². The lowest BCUT2D eigenvalue weighted by Crippen LogP contribution is -2.53. The third kappa shape index (κ3) is 8.32. The van der Waals surface area contributed by atoms with Crippen LogP contribution in [0.15, 0.2) is 29.2 Å². The molecule has 132 valence electrons. The number of nitrogens with one attached hydrogen (secondary N) is 3. The van der Waals surface area contributed by atoms with Crippen LogP contribution in [0.1, 0.15) is 6.42 Å². The van der Waals surface area contributed by atoms with Crippen LogP contribution >= 0.6 is 35.1 Å². The topological polar surface area (TPSA) is 113 Å². The number of hydrazine groups is 1. The van der Waals surface area contributed by atoms with E-state index in [0.29, 0.717) is 17.2 Å². The molecule has 1 aromatic rings. The normalized spacial score (nSPS) is 11.4. The summed E-state index contributed by atoms with van der Waals surface area (Å²) in [4.78, 5) is 35.5. The summed E-state index contributed by atoms with van der Waals surface area (Å²) in [6, 6.07) is 5.48. The standard InChI is InChI=1S/C14H19ClN4O3S2/c1-23-7-6-11(17-14(16)22)13(21)19-18-12(20)8-24-10-4-2-9(15)3-5-10/h2-5,11H,6-8H2,1H3,(H,18,20)(H,19,21)(H3,16,17,22)/t11-/m0/s1. The molecule has 0 saturated heterocycles. The van der Waals surface area contributed by atoms with E-state index in [-0.39, 0.29) is 11.7 Å². The predicted octanol–water partition coefficient (Wildman–Crippen LogP) is 1.37. The van der Waals surface area contributed by atoms with E-state index in [0.717, 1.165) is 4.90 Å². The Labute approximate surface area is 153 Å². The number of rotatable bonds is 8. The van der Waals surface area contributed by atoms with Crippen molar-refractivity contribution in [2.75, 3.05) is 17.8 Å². The van der Waals surface area contributed by atoms with Gasteiger partial charge < -0.3 is 11.1 Å². The average molecular weight is 391 g/mol. The van der Waals surface area contributed by atoms with Crippen LogP contribution in [-0.2, 0) is 9.59 Å². The highest BCUT2D eigenvalue weighted by atomic mass is 35.5. The van der Waals surface area contributed by atoms with Crippen LogP contribution in [0.25, 0.3) is 0 Å². The van der Waals surface area contributed by atoms with Gasteiger partial charge in [0.15, 0.2) is 0 Å². The summed E-state index contributed by atoms with van der Waals surface area (Å²) in [5, 5.41) is 2.97. The Balaban J connectivity index is 2.38. The van der Waals surface area contributed by atoms with Gasteiger partial charge in [0.25, 0.3) is 5.91 Å². The number of thioether (sulfide) groups is 2. The SMILES string of the molecule is CSCC[C@H](NC(N)=O)C(=O)NNC(=O)CSc1ccc(Cl)cc1. The lowest BCUT2D eigenvalue weighted by molar-refractivity contribution is -0.128. The van der Waals surface area contributed by atoms with Crippen molar-refractivity contribution in [1.82, 2.24) is 16.2 Å². The Hall–Kier alpha value is -1.58. The molecule has 4 amide bonds. The molecule has 0 unspecified atom stereocenters. The summed E-state index contributed by atoms with van der Waals surface area (Å²) in [7, 11) is 0. The molecule has 10 heteroatoms. The number of carbonyl (C=O) groups excluding carboxylic acids is 3. The largest absolute Gasteiger partial charge is 0.352 e. The zero-order chi connectivity index (χ0) is 17.9. The second-order valence-corrected chi connectivity index (χ2v) is 7.09. The van der Waals surface area contributed by atoms with Crippen molar-refractivity contribution in [2.45, 2.75) is 17.4 Å². The zero-order valence-electron chi connectivity index (χ0n) is 13.0. The van der Waals surface area contributed by atoms with Gasteiger partial charge in [-0.05, 0) is 42.7 Å². The number of hydrogen-bond donors (Lipinski definition) is 4. The Bertz CT molecular complexity index is 572. The number of nitrogens with two attached hydrogens (primary N) is 1. The summed E-state index contributed by atoms with van der Waals surface area (Å²) in [6.45, 7) is 0. The van der Waals surface area contributed by atoms with Crippen molar-refractivity contribution in [3.63, 3.8) is 0 Å². The van der Waals surface area contributed by atoms with E-state index in [1.807, 2.05) is 6.26 Å². The van der Waals surface area contributed by atoms with Crippen LogP contribution < -0.4 is 21.9 Å². The smallest absolute Gasteiger partial charge is 0.312 e. The highest BCUT2D eigenvalue weighted by Gasteiger charge is 2.19. The van der Waals surface area contributed by atoms with Crippen LogP contribution in [0.3, 0.4) is 0 Å². The Kier molecular flexibility index (Phi) is 9.43. The van der Waals surface area contributed by atoms with Gasteiger partial charge in [0, 0.05) is 9.92 Å². The maximum absolute atomic E-state index is 12.0.